The Bertz CT molecular complexity index is 1260. The van der Waals surface area contributed by atoms with Crippen LogP contribution in [-0.2, 0) is 12.0 Å². The number of carbonyl (C=O) groups is 1. The fourth-order valence-corrected chi connectivity index (χ4v) is 5.62. The summed E-state index contributed by atoms with van der Waals surface area (Å²) in [5, 5.41) is 0.423. The molecule has 2 heterocycles. The first kappa shape index (κ1) is 23.6. The van der Waals surface area contributed by atoms with Gasteiger partial charge in [-0.15, -0.1) is 0 Å². The Labute approximate surface area is 210 Å². The number of likely N-dealkylation sites (tertiary alicyclic amines) is 1. The predicted octanol–water partition coefficient (Wildman–Crippen LogP) is 5.69. The van der Waals surface area contributed by atoms with Gasteiger partial charge in [-0.2, -0.15) is 0 Å². The molecule has 5 rings (SSSR count). The Morgan fingerprint density at radius 1 is 1.00 bits per heavy atom. The van der Waals surface area contributed by atoms with Crippen LogP contribution in [0.5, 0.6) is 11.5 Å². The maximum absolute atomic E-state index is 14.4. The average molecular weight is 495 g/mol. The van der Waals surface area contributed by atoms with Crippen molar-refractivity contribution in [3.63, 3.8) is 0 Å². The number of amides is 1. The molecule has 2 aliphatic rings. The highest BCUT2D eigenvalue weighted by molar-refractivity contribution is 6.34. The summed E-state index contributed by atoms with van der Waals surface area (Å²) in [4.78, 5) is 17.6. The van der Waals surface area contributed by atoms with Crippen LogP contribution in [0.25, 0.3) is 0 Å². The number of benzene rings is 3. The minimum Gasteiger partial charge on any atom is -0.493 e. The largest absolute Gasteiger partial charge is 0.493 e. The smallest absolute Gasteiger partial charge is 0.259 e. The molecule has 7 heteroatoms. The van der Waals surface area contributed by atoms with Gasteiger partial charge in [0.05, 0.1) is 24.8 Å². The topological polar surface area (TPSA) is 42.0 Å². The van der Waals surface area contributed by atoms with Gasteiger partial charge in [-0.3, -0.25) is 9.69 Å². The summed E-state index contributed by atoms with van der Waals surface area (Å²) in [5.74, 6) is 1.00. The van der Waals surface area contributed by atoms with Crippen molar-refractivity contribution in [2.45, 2.75) is 24.8 Å². The summed E-state index contributed by atoms with van der Waals surface area (Å²) in [6, 6.07) is 17.8. The van der Waals surface area contributed by atoms with Gasteiger partial charge in [-0.1, -0.05) is 29.8 Å². The third-order valence-corrected chi connectivity index (χ3v) is 7.63. The van der Waals surface area contributed by atoms with Crippen molar-refractivity contribution in [1.82, 2.24) is 4.90 Å². The minimum atomic E-state index is -0.275. The second-order valence-corrected chi connectivity index (χ2v) is 9.69. The van der Waals surface area contributed by atoms with Gasteiger partial charge < -0.3 is 14.4 Å². The fourth-order valence-electron chi connectivity index (χ4n) is 5.41. The zero-order valence-electron chi connectivity index (χ0n) is 19.9. The van der Waals surface area contributed by atoms with Crippen LogP contribution >= 0.6 is 11.6 Å². The van der Waals surface area contributed by atoms with Crippen LogP contribution in [0.4, 0.5) is 10.1 Å². The van der Waals surface area contributed by atoms with Crippen molar-refractivity contribution in [1.29, 1.82) is 0 Å². The van der Waals surface area contributed by atoms with Crippen LogP contribution in [0.1, 0.15) is 34.3 Å². The molecule has 1 saturated heterocycles. The Morgan fingerprint density at radius 3 is 2.46 bits per heavy atom. The van der Waals surface area contributed by atoms with E-state index in [9.17, 15) is 9.18 Å². The van der Waals surface area contributed by atoms with Crippen LogP contribution in [0.15, 0.2) is 60.7 Å². The van der Waals surface area contributed by atoms with Crippen molar-refractivity contribution in [3.05, 3.63) is 88.2 Å². The number of nitrogens with zero attached hydrogens (tertiary/aromatic N) is 2. The average Bonchev–Trinajstić information content (AvgIpc) is 3.18. The van der Waals surface area contributed by atoms with Crippen molar-refractivity contribution >= 4 is 23.2 Å². The molecule has 182 valence electrons. The second kappa shape index (κ2) is 9.51. The van der Waals surface area contributed by atoms with Gasteiger partial charge in [0.15, 0.2) is 11.5 Å². The van der Waals surface area contributed by atoms with Crippen LogP contribution < -0.4 is 14.4 Å². The van der Waals surface area contributed by atoms with E-state index in [-0.39, 0.29) is 17.1 Å². The Hall–Kier alpha value is -3.09. The summed E-state index contributed by atoms with van der Waals surface area (Å²) in [5.41, 5.74) is 3.04. The first-order valence-corrected chi connectivity index (χ1v) is 12.1. The number of piperidine rings is 1. The van der Waals surface area contributed by atoms with Crippen molar-refractivity contribution in [2.75, 3.05) is 38.8 Å². The van der Waals surface area contributed by atoms with Crippen molar-refractivity contribution in [3.8, 4) is 11.5 Å². The molecular weight excluding hydrogens is 467 g/mol. The number of rotatable bonds is 5. The molecule has 1 spiro atoms. The number of carbonyl (C=O) groups excluding carboxylic acids is 1. The lowest BCUT2D eigenvalue weighted by atomic mass is 9.74. The van der Waals surface area contributed by atoms with Crippen molar-refractivity contribution < 1.29 is 18.7 Å². The molecular formula is C28H28ClFN2O3. The number of fused-ring (bicyclic) bond motifs is 2. The van der Waals surface area contributed by atoms with Crippen LogP contribution in [0.2, 0.25) is 5.02 Å². The zero-order chi connectivity index (χ0) is 24.6. The van der Waals surface area contributed by atoms with Gasteiger partial charge in [0.1, 0.15) is 5.82 Å². The lowest BCUT2D eigenvalue weighted by Crippen LogP contribution is -2.45. The second-order valence-electron chi connectivity index (χ2n) is 9.28. The lowest BCUT2D eigenvalue weighted by molar-refractivity contribution is 0.0975. The van der Waals surface area contributed by atoms with Gasteiger partial charge in [-0.25, -0.2) is 4.39 Å². The number of halogens is 2. The lowest BCUT2D eigenvalue weighted by Gasteiger charge is -2.40. The SMILES string of the molecule is COc1ccc(CN2CCC3(CC2)CN(C(=O)c2ccccc2Cl)c2ccc(F)cc23)cc1OC. The van der Waals surface area contributed by atoms with Gasteiger partial charge in [0.2, 0.25) is 0 Å². The Balaban J connectivity index is 1.36. The molecule has 2 aliphatic heterocycles. The Kier molecular flexibility index (Phi) is 6.43. The Morgan fingerprint density at radius 2 is 1.74 bits per heavy atom. The first-order chi connectivity index (χ1) is 16.9. The fraction of sp³-hybridized carbons (Fsp3) is 0.321. The molecule has 0 aliphatic carbocycles. The zero-order valence-corrected chi connectivity index (χ0v) is 20.6. The number of hydrogen-bond acceptors (Lipinski definition) is 4. The molecule has 0 saturated carbocycles. The molecule has 0 bridgehead atoms. The van der Waals surface area contributed by atoms with Crippen molar-refractivity contribution in [2.24, 2.45) is 0 Å². The molecule has 1 amide bonds. The summed E-state index contributed by atoms with van der Waals surface area (Å²) in [7, 11) is 3.27. The number of ether oxygens (including phenoxy) is 2. The van der Waals surface area contributed by atoms with E-state index in [1.807, 2.05) is 24.3 Å². The van der Waals surface area contributed by atoms with E-state index in [0.717, 1.165) is 49.3 Å². The van der Waals surface area contributed by atoms with Gasteiger partial charge in [0, 0.05) is 24.2 Å². The van der Waals surface area contributed by atoms with Gasteiger partial charge in [0.25, 0.3) is 5.91 Å². The van der Waals surface area contributed by atoms with Crippen LogP contribution in [0, 0.1) is 5.82 Å². The maximum atomic E-state index is 14.4. The third-order valence-electron chi connectivity index (χ3n) is 7.30. The quantitative estimate of drug-likeness (QED) is 0.457. The van der Waals surface area contributed by atoms with E-state index in [4.69, 9.17) is 21.1 Å². The summed E-state index contributed by atoms with van der Waals surface area (Å²) < 4.78 is 25.1. The normalized spacial score (nSPS) is 16.9. The van der Waals surface area contributed by atoms with E-state index in [1.54, 1.807) is 43.4 Å². The number of anilines is 1. The molecule has 0 atom stereocenters. The standard InChI is InChI=1S/C28H28ClFN2O3/c1-34-25-10-7-19(15-26(25)35-2)17-31-13-11-28(12-14-31)18-32(24-9-8-20(30)16-22(24)28)27(33)21-5-3-4-6-23(21)29/h3-10,15-16H,11-14,17-18H2,1-2H3. The molecule has 5 nitrogen and oxygen atoms in total. The maximum Gasteiger partial charge on any atom is 0.259 e. The highest BCUT2D eigenvalue weighted by atomic mass is 35.5. The van der Waals surface area contributed by atoms with E-state index in [2.05, 4.69) is 11.0 Å². The summed E-state index contributed by atoms with van der Waals surface area (Å²) in [6.07, 6.45) is 1.67. The summed E-state index contributed by atoms with van der Waals surface area (Å²) >= 11 is 6.33. The molecule has 0 N–H and O–H groups in total. The van der Waals surface area contributed by atoms with Gasteiger partial charge in [-0.05, 0) is 79.5 Å². The highest BCUT2D eigenvalue weighted by Crippen LogP contribution is 2.48. The summed E-state index contributed by atoms with van der Waals surface area (Å²) in [6.45, 7) is 3.01. The van der Waals surface area contributed by atoms with Crippen LogP contribution in [-0.4, -0.2) is 44.7 Å². The van der Waals surface area contributed by atoms with E-state index in [0.29, 0.717) is 28.6 Å². The number of methoxy groups -OCH3 is 2. The van der Waals surface area contributed by atoms with E-state index >= 15 is 0 Å². The molecule has 1 fully saturated rings. The molecule has 0 radical (unpaired) electrons. The molecule has 3 aromatic carbocycles. The van der Waals surface area contributed by atoms with E-state index in [1.165, 1.54) is 6.07 Å². The van der Waals surface area contributed by atoms with Crippen LogP contribution in [0.3, 0.4) is 0 Å². The predicted molar refractivity (Wildman–Crippen MR) is 135 cm³/mol. The number of hydrogen-bond donors (Lipinski definition) is 0. The molecule has 35 heavy (non-hydrogen) atoms. The monoisotopic (exact) mass is 494 g/mol. The first-order valence-electron chi connectivity index (χ1n) is 11.7. The molecule has 0 unspecified atom stereocenters. The highest BCUT2D eigenvalue weighted by Gasteiger charge is 2.46. The molecule has 0 aromatic heterocycles. The van der Waals surface area contributed by atoms with E-state index < -0.39 is 0 Å². The minimum absolute atomic E-state index is 0.145. The van der Waals surface area contributed by atoms with Gasteiger partial charge >= 0.3 is 0 Å². The third kappa shape index (κ3) is 4.37. The molecule has 3 aromatic rings.